The van der Waals surface area contributed by atoms with Crippen LogP contribution in [0.5, 0.6) is 0 Å². The SMILES string of the molecule is CCC(C)C(NC(=O)C(CO)NC(=O)C(C)NC(=O)C(N)CCCN=C(N)N)C(=O)O. The molecule has 0 heterocycles. The molecule has 0 bridgehead atoms. The van der Waals surface area contributed by atoms with Crippen molar-refractivity contribution in [2.75, 3.05) is 13.2 Å². The topological polar surface area (TPSA) is 235 Å². The van der Waals surface area contributed by atoms with Gasteiger partial charge in [-0.3, -0.25) is 19.4 Å². The molecule has 13 nitrogen and oxygen atoms in total. The van der Waals surface area contributed by atoms with Gasteiger partial charge in [-0.25, -0.2) is 4.79 Å². The van der Waals surface area contributed by atoms with E-state index in [1.807, 2.05) is 0 Å². The molecule has 0 fully saturated rings. The van der Waals surface area contributed by atoms with Crippen molar-refractivity contribution >= 4 is 29.7 Å². The highest BCUT2D eigenvalue weighted by Gasteiger charge is 2.30. The van der Waals surface area contributed by atoms with Crippen molar-refractivity contribution in [3.05, 3.63) is 0 Å². The van der Waals surface area contributed by atoms with Crippen molar-refractivity contribution in [1.82, 2.24) is 16.0 Å². The van der Waals surface area contributed by atoms with Crippen molar-refractivity contribution in [3.63, 3.8) is 0 Å². The number of carboxylic acids is 1. The van der Waals surface area contributed by atoms with Gasteiger partial charge in [0.1, 0.15) is 18.1 Å². The van der Waals surface area contributed by atoms with E-state index in [9.17, 15) is 29.4 Å². The van der Waals surface area contributed by atoms with Crippen LogP contribution in [0.4, 0.5) is 0 Å². The number of amides is 3. The number of nitrogens with one attached hydrogen (secondary N) is 3. The average Bonchev–Trinajstić information content (AvgIpc) is 2.71. The van der Waals surface area contributed by atoms with Crippen LogP contribution in [-0.2, 0) is 19.2 Å². The van der Waals surface area contributed by atoms with E-state index in [4.69, 9.17) is 17.2 Å². The van der Waals surface area contributed by atoms with E-state index < -0.39 is 54.5 Å². The fraction of sp³-hybridized carbons (Fsp3) is 0.722. The van der Waals surface area contributed by atoms with Crippen molar-refractivity contribution in [1.29, 1.82) is 0 Å². The normalized spacial score (nSPS) is 15.5. The zero-order valence-electron chi connectivity index (χ0n) is 18.1. The molecule has 3 amide bonds. The zero-order valence-corrected chi connectivity index (χ0v) is 18.1. The second-order valence-electron chi connectivity index (χ2n) is 7.24. The quantitative estimate of drug-likeness (QED) is 0.0769. The Morgan fingerprint density at radius 2 is 1.61 bits per heavy atom. The first-order chi connectivity index (χ1) is 14.4. The predicted molar refractivity (Wildman–Crippen MR) is 114 cm³/mol. The van der Waals surface area contributed by atoms with E-state index in [1.165, 1.54) is 6.92 Å². The Bertz CT molecular complexity index is 653. The summed E-state index contributed by atoms with van der Waals surface area (Å²) in [4.78, 5) is 51.8. The van der Waals surface area contributed by atoms with Crippen LogP contribution in [0.15, 0.2) is 4.99 Å². The summed E-state index contributed by atoms with van der Waals surface area (Å²) in [7, 11) is 0. The summed E-state index contributed by atoms with van der Waals surface area (Å²) in [5, 5.41) is 25.7. The lowest BCUT2D eigenvalue weighted by Gasteiger charge is -2.24. The number of aliphatic carboxylic acids is 1. The molecule has 13 heteroatoms. The third-order valence-electron chi connectivity index (χ3n) is 4.65. The second kappa shape index (κ2) is 14.1. The van der Waals surface area contributed by atoms with Gasteiger partial charge < -0.3 is 43.4 Å². The molecule has 0 aliphatic rings. The number of carboxylic acid groups (broad SMARTS) is 1. The average molecular weight is 446 g/mol. The van der Waals surface area contributed by atoms with Crippen molar-refractivity contribution in [2.24, 2.45) is 28.1 Å². The maximum absolute atomic E-state index is 12.3. The Labute approximate surface area is 181 Å². The van der Waals surface area contributed by atoms with Crippen LogP contribution in [0.2, 0.25) is 0 Å². The first kappa shape index (κ1) is 28.1. The summed E-state index contributed by atoms with van der Waals surface area (Å²) in [6.45, 7) is 4.36. The summed E-state index contributed by atoms with van der Waals surface area (Å²) in [5.74, 6) is -3.82. The van der Waals surface area contributed by atoms with Crippen molar-refractivity contribution in [2.45, 2.75) is 64.2 Å². The number of hydrogen-bond acceptors (Lipinski definition) is 7. The molecule has 31 heavy (non-hydrogen) atoms. The van der Waals surface area contributed by atoms with Crippen molar-refractivity contribution in [3.8, 4) is 0 Å². The van der Waals surface area contributed by atoms with Crippen LogP contribution in [0.3, 0.4) is 0 Å². The Kier molecular flexibility index (Phi) is 12.8. The minimum Gasteiger partial charge on any atom is -0.480 e. The second-order valence-corrected chi connectivity index (χ2v) is 7.24. The number of carbonyl (C=O) groups excluding carboxylic acids is 3. The van der Waals surface area contributed by atoms with Crippen LogP contribution < -0.4 is 33.2 Å². The minimum absolute atomic E-state index is 0.0652. The van der Waals surface area contributed by atoms with Crippen LogP contribution in [0, 0.1) is 5.92 Å². The molecule has 0 rings (SSSR count). The van der Waals surface area contributed by atoms with Crippen LogP contribution in [0.1, 0.15) is 40.0 Å². The monoisotopic (exact) mass is 445 g/mol. The standard InChI is InChI=1S/C18H35N7O6/c1-4-9(2)13(17(30)31)25-16(29)12(8-26)24-14(27)10(3)23-15(28)11(19)6-5-7-22-18(20)21/h9-13,26H,4-8,19H2,1-3H3,(H,23,28)(H,24,27)(H,25,29)(H,30,31)(H4,20,21,22). The summed E-state index contributed by atoms with van der Waals surface area (Å²) < 4.78 is 0. The van der Waals surface area contributed by atoms with Gasteiger partial charge >= 0.3 is 5.97 Å². The Morgan fingerprint density at radius 1 is 1.00 bits per heavy atom. The fourth-order valence-corrected chi connectivity index (χ4v) is 2.46. The van der Waals surface area contributed by atoms with Gasteiger partial charge in [0.25, 0.3) is 0 Å². The molecule has 0 saturated carbocycles. The Hall–Kier alpha value is -2.93. The van der Waals surface area contributed by atoms with Crippen molar-refractivity contribution < 1.29 is 29.4 Å². The molecule has 0 aromatic carbocycles. The van der Waals surface area contributed by atoms with Gasteiger partial charge in [0.05, 0.1) is 12.6 Å². The lowest BCUT2D eigenvalue weighted by atomic mass is 9.99. The van der Waals surface area contributed by atoms with E-state index in [1.54, 1.807) is 13.8 Å². The van der Waals surface area contributed by atoms with Gasteiger partial charge in [-0.2, -0.15) is 0 Å². The number of aliphatic hydroxyl groups is 1. The van der Waals surface area contributed by atoms with Crippen LogP contribution >= 0.6 is 0 Å². The first-order valence-corrected chi connectivity index (χ1v) is 10.00. The molecule has 5 unspecified atom stereocenters. The van der Waals surface area contributed by atoms with E-state index in [2.05, 4.69) is 20.9 Å². The molecule has 0 aromatic heterocycles. The lowest BCUT2D eigenvalue weighted by Crippen LogP contribution is -2.58. The number of carbonyl (C=O) groups is 4. The summed E-state index contributed by atoms with van der Waals surface area (Å²) >= 11 is 0. The number of nitrogens with two attached hydrogens (primary N) is 3. The largest absolute Gasteiger partial charge is 0.480 e. The third kappa shape index (κ3) is 10.6. The van der Waals surface area contributed by atoms with E-state index in [-0.39, 0.29) is 18.3 Å². The zero-order chi connectivity index (χ0) is 24.1. The molecule has 11 N–H and O–H groups in total. The summed E-state index contributed by atoms with van der Waals surface area (Å²) in [6.07, 6.45) is 1.24. The lowest BCUT2D eigenvalue weighted by molar-refractivity contribution is -0.144. The molecular weight excluding hydrogens is 410 g/mol. The minimum atomic E-state index is -1.38. The van der Waals surface area contributed by atoms with E-state index in [0.29, 0.717) is 19.4 Å². The van der Waals surface area contributed by atoms with E-state index >= 15 is 0 Å². The third-order valence-corrected chi connectivity index (χ3v) is 4.65. The van der Waals surface area contributed by atoms with Gasteiger partial charge in [-0.15, -0.1) is 0 Å². The molecular formula is C18H35N7O6. The number of hydrogen-bond donors (Lipinski definition) is 8. The maximum atomic E-state index is 12.3. The van der Waals surface area contributed by atoms with Gasteiger partial charge in [-0.1, -0.05) is 20.3 Å². The molecule has 0 radical (unpaired) electrons. The van der Waals surface area contributed by atoms with Gasteiger partial charge in [0, 0.05) is 6.54 Å². The summed E-state index contributed by atoms with van der Waals surface area (Å²) in [5.41, 5.74) is 16.2. The Balaban J connectivity index is 4.75. The van der Waals surface area contributed by atoms with E-state index in [0.717, 1.165) is 0 Å². The fourth-order valence-electron chi connectivity index (χ4n) is 2.46. The number of guanidine groups is 1. The smallest absolute Gasteiger partial charge is 0.326 e. The number of aliphatic hydroxyl groups excluding tert-OH is 1. The predicted octanol–water partition coefficient (Wildman–Crippen LogP) is -3.04. The molecule has 0 aliphatic heterocycles. The molecule has 0 saturated heterocycles. The molecule has 0 aromatic rings. The highest BCUT2D eigenvalue weighted by Crippen LogP contribution is 2.08. The first-order valence-electron chi connectivity index (χ1n) is 10.00. The van der Waals surface area contributed by atoms with Gasteiger partial charge in [0.2, 0.25) is 17.7 Å². The Morgan fingerprint density at radius 3 is 2.10 bits per heavy atom. The molecule has 0 spiro atoms. The van der Waals surface area contributed by atoms with Crippen LogP contribution in [0.25, 0.3) is 0 Å². The number of rotatable bonds is 14. The van der Waals surface area contributed by atoms with Gasteiger partial charge in [0.15, 0.2) is 5.96 Å². The molecule has 178 valence electrons. The molecule has 5 atom stereocenters. The van der Waals surface area contributed by atoms with Gasteiger partial charge in [-0.05, 0) is 25.7 Å². The van der Waals surface area contributed by atoms with Crippen LogP contribution in [-0.4, -0.2) is 77.2 Å². The number of nitrogens with zero attached hydrogens (tertiary/aromatic N) is 1. The highest BCUT2D eigenvalue weighted by molar-refractivity contribution is 5.94. The molecule has 0 aliphatic carbocycles. The summed E-state index contributed by atoms with van der Waals surface area (Å²) in [6, 6.07) is -4.50. The maximum Gasteiger partial charge on any atom is 0.326 e. The highest BCUT2D eigenvalue weighted by atomic mass is 16.4. The number of aliphatic imine (C=N–C) groups is 1.